The van der Waals surface area contributed by atoms with Crippen LogP contribution in [0.1, 0.15) is 15.9 Å². The van der Waals surface area contributed by atoms with Gasteiger partial charge in [-0.15, -0.1) is 0 Å². The van der Waals surface area contributed by atoms with Crippen molar-refractivity contribution in [1.29, 1.82) is 0 Å². The molecule has 2 rings (SSSR count). The molecule has 92 valence electrons. The lowest BCUT2D eigenvalue weighted by atomic mass is 10.1. The molecule has 2 aromatic carbocycles. The van der Waals surface area contributed by atoms with Crippen LogP contribution in [0.4, 0.5) is 11.4 Å². The van der Waals surface area contributed by atoms with Crippen LogP contribution >= 0.6 is 15.9 Å². The Labute approximate surface area is 115 Å². The monoisotopic (exact) mass is 303 g/mol. The number of aryl methyl sites for hydroxylation is 1. The topological polar surface area (TPSA) is 20.3 Å². The summed E-state index contributed by atoms with van der Waals surface area (Å²) in [6, 6.07) is 13.8. The Kier molecular flexibility index (Phi) is 3.82. The molecule has 0 aliphatic carbocycles. The maximum atomic E-state index is 11.2. The van der Waals surface area contributed by atoms with Gasteiger partial charge >= 0.3 is 0 Å². The molecule has 0 atom stereocenters. The summed E-state index contributed by atoms with van der Waals surface area (Å²) < 4.78 is 0.909. The molecule has 0 heterocycles. The second kappa shape index (κ2) is 5.36. The van der Waals surface area contributed by atoms with Gasteiger partial charge in [0.05, 0.1) is 5.69 Å². The molecule has 0 spiro atoms. The number of nitrogens with zero attached hydrogens (tertiary/aromatic N) is 1. The number of carbonyl (C=O) groups excluding carboxylic acids is 1. The van der Waals surface area contributed by atoms with Gasteiger partial charge in [-0.2, -0.15) is 0 Å². The number of benzene rings is 2. The first-order chi connectivity index (χ1) is 8.63. The van der Waals surface area contributed by atoms with E-state index in [0.29, 0.717) is 5.56 Å². The summed E-state index contributed by atoms with van der Waals surface area (Å²) in [6.07, 6.45) is 0.884. The Morgan fingerprint density at radius 3 is 2.50 bits per heavy atom. The standard InChI is InChI=1S/C15H14BrNO/c1-11-5-3-4-6-14(11)17(2)15-8-7-13(16)9-12(15)10-18/h3-10H,1-2H3. The van der Waals surface area contributed by atoms with Crippen LogP contribution in [0.2, 0.25) is 0 Å². The van der Waals surface area contributed by atoms with Crippen LogP contribution < -0.4 is 4.90 Å². The van der Waals surface area contributed by atoms with E-state index >= 15 is 0 Å². The highest BCUT2D eigenvalue weighted by atomic mass is 79.9. The third-order valence-corrected chi connectivity index (χ3v) is 3.45. The molecule has 0 unspecified atom stereocenters. The molecule has 3 heteroatoms. The Balaban J connectivity index is 2.49. The van der Waals surface area contributed by atoms with Gasteiger partial charge in [-0.25, -0.2) is 0 Å². The van der Waals surface area contributed by atoms with Gasteiger partial charge in [0, 0.05) is 22.8 Å². The van der Waals surface area contributed by atoms with E-state index in [0.717, 1.165) is 22.1 Å². The van der Waals surface area contributed by atoms with Crippen LogP contribution in [-0.2, 0) is 0 Å². The minimum Gasteiger partial charge on any atom is -0.344 e. The number of halogens is 1. The molecule has 0 bridgehead atoms. The molecule has 0 saturated heterocycles. The molecule has 0 radical (unpaired) electrons. The minimum atomic E-state index is 0.676. The van der Waals surface area contributed by atoms with E-state index in [4.69, 9.17) is 0 Å². The molecule has 2 nitrogen and oxygen atoms in total. The lowest BCUT2D eigenvalue weighted by Crippen LogP contribution is -2.12. The van der Waals surface area contributed by atoms with Crippen LogP contribution in [-0.4, -0.2) is 13.3 Å². The van der Waals surface area contributed by atoms with Gasteiger partial charge in [0.2, 0.25) is 0 Å². The molecule has 0 saturated carbocycles. The fraction of sp³-hybridized carbons (Fsp3) is 0.133. The van der Waals surface area contributed by atoms with Crippen LogP contribution in [0.15, 0.2) is 46.9 Å². The Hall–Kier alpha value is -1.61. The molecule has 0 amide bonds. The lowest BCUT2D eigenvalue weighted by Gasteiger charge is -2.23. The van der Waals surface area contributed by atoms with Crippen molar-refractivity contribution >= 4 is 33.6 Å². The van der Waals surface area contributed by atoms with Gasteiger partial charge in [-0.1, -0.05) is 34.1 Å². The van der Waals surface area contributed by atoms with Gasteiger partial charge in [0.25, 0.3) is 0 Å². The number of hydrogen-bond donors (Lipinski definition) is 0. The predicted molar refractivity (Wildman–Crippen MR) is 78.8 cm³/mol. The second-order valence-electron chi connectivity index (χ2n) is 4.17. The summed E-state index contributed by atoms with van der Waals surface area (Å²) in [5, 5.41) is 0. The highest BCUT2D eigenvalue weighted by Gasteiger charge is 2.10. The summed E-state index contributed by atoms with van der Waals surface area (Å²) in [5.41, 5.74) is 3.86. The number of hydrogen-bond acceptors (Lipinski definition) is 2. The molecule has 0 aromatic heterocycles. The maximum Gasteiger partial charge on any atom is 0.152 e. The number of anilines is 2. The van der Waals surface area contributed by atoms with E-state index in [-0.39, 0.29) is 0 Å². The van der Waals surface area contributed by atoms with E-state index < -0.39 is 0 Å². The third kappa shape index (κ3) is 2.46. The molecule has 18 heavy (non-hydrogen) atoms. The van der Waals surface area contributed by atoms with Crippen molar-refractivity contribution in [2.75, 3.05) is 11.9 Å². The molecule has 0 N–H and O–H groups in total. The number of para-hydroxylation sites is 1. The lowest BCUT2D eigenvalue weighted by molar-refractivity contribution is 0.112. The molecule has 0 aliphatic rings. The molecular weight excluding hydrogens is 290 g/mol. The van der Waals surface area contributed by atoms with E-state index in [9.17, 15) is 4.79 Å². The zero-order valence-corrected chi connectivity index (χ0v) is 11.9. The SMILES string of the molecule is Cc1ccccc1N(C)c1ccc(Br)cc1C=O. The van der Waals surface area contributed by atoms with Crippen molar-refractivity contribution in [1.82, 2.24) is 0 Å². The highest BCUT2D eigenvalue weighted by molar-refractivity contribution is 9.10. The molecular formula is C15H14BrNO. The van der Waals surface area contributed by atoms with Gasteiger partial charge < -0.3 is 4.90 Å². The number of rotatable bonds is 3. The van der Waals surface area contributed by atoms with E-state index in [1.54, 1.807) is 0 Å². The Bertz CT molecular complexity index is 580. The number of aldehydes is 1. The van der Waals surface area contributed by atoms with Crippen LogP contribution in [0.5, 0.6) is 0 Å². The van der Waals surface area contributed by atoms with E-state index in [1.807, 2.05) is 48.3 Å². The Morgan fingerprint density at radius 1 is 1.11 bits per heavy atom. The van der Waals surface area contributed by atoms with Crippen LogP contribution in [0.3, 0.4) is 0 Å². The summed E-state index contributed by atoms with van der Waals surface area (Å²) in [6.45, 7) is 2.06. The van der Waals surface area contributed by atoms with Gasteiger partial charge in [0.15, 0.2) is 6.29 Å². The second-order valence-corrected chi connectivity index (χ2v) is 5.08. The Morgan fingerprint density at radius 2 is 1.83 bits per heavy atom. The zero-order chi connectivity index (χ0) is 13.1. The first-order valence-electron chi connectivity index (χ1n) is 5.67. The third-order valence-electron chi connectivity index (χ3n) is 2.95. The fourth-order valence-electron chi connectivity index (χ4n) is 1.99. The van der Waals surface area contributed by atoms with Gasteiger partial charge in [0.1, 0.15) is 0 Å². The van der Waals surface area contributed by atoms with Crippen molar-refractivity contribution in [2.24, 2.45) is 0 Å². The van der Waals surface area contributed by atoms with Crippen molar-refractivity contribution in [3.63, 3.8) is 0 Å². The number of carbonyl (C=O) groups is 1. The molecule has 0 aliphatic heterocycles. The van der Waals surface area contributed by atoms with Crippen molar-refractivity contribution < 1.29 is 4.79 Å². The van der Waals surface area contributed by atoms with Crippen molar-refractivity contribution in [3.8, 4) is 0 Å². The van der Waals surface area contributed by atoms with Gasteiger partial charge in [-0.3, -0.25) is 4.79 Å². The summed E-state index contributed by atoms with van der Waals surface area (Å²) in [5.74, 6) is 0. The van der Waals surface area contributed by atoms with Crippen molar-refractivity contribution in [2.45, 2.75) is 6.92 Å². The molecule has 0 fully saturated rings. The maximum absolute atomic E-state index is 11.2. The largest absolute Gasteiger partial charge is 0.344 e. The van der Waals surface area contributed by atoms with Gasteiger partial charge in [-0.05, 0) is 36.8 Å². The quantitative estimate of drug-likeness (QED) is 0.786. The molecule has 2 aromatic rings. The summed E-state index contributed by atoms with van der Waals surface area (Å²) in [7, 11) is 1.97. The normalized spacial score (nSPS) is 10.2. The zero-order valence-electron chi connectivity index (χ0n) is 10.4. The average Bonchev–Trinajstić information content (AvgIpc) is 2.38. The van der Waals surface area contributed by atoms with Crippen molar-refractivity contribution in [3.05, 3.63) is 58.1 Å². The van der Waals surface area contributed by atoms with Crippen LogP contribution in [0, 0.1) is 6.92 Å². The summed E-state index contributed by atoms with van der Waals surface area (Å²) >= 11 is 3.38. The average molecular weight is 304 g/mol. The first-order valence-corrected chi connectivity index (χ1v) is 6.47. The smallest absolute Gasteiger partial charge is 0.152 e. The summed E-state index contributed by atoms with van der Waals surface area (Å²) in [4.78, 5) is 13.2. The van der Waals surface area contributed by atoms with Crippen LogP contribution in [0.25, 0.3) is 0 Å². The van der Waals surface area contributed by atoms with E-state index in [2.05, 4.69) is 28.9 Å². The minimum absolute atomic E-state index is 0.676. The first kappa shape index (κ1) is 12.8. The fourth-order valence-corrected chi connectivity index (χ4v) is 2.37. The highest BCUT2D eigenvalue weighted by Crippen LogP contribution is 2.30. The van der Waals surface area contributed by atoms with E-state index in [1.165, 1.54) is 5.56 Å². The predicted octanol–water partition coefficient (Wildman–Crippen LogP) is 4.34.